The molecular weight excluding hydrogens is 350 g/mol. The minimum atomic E-state index is 0.356. The second kappa shape index (κ2) is 7.36. The third-order valence-corrected chi connectivity index (χ3v) is 6.27. The molecule has 0 amide bonds. The maximum Gasteiger partial charge on any atom is 0.119 e. The second-order valence-corrected chi connectivity index (χ2v) is 7.81. The average Bonchev–Trinajstić information content (AvgIpc) is 3.25. The summed E-state index contributed by atoms with van der Waals surface area (Å²) in [5, 5.41) is 9.05. The number of rotatable bonds is 5. The van der Waals surface area contributed by atoms with Gasteiger partial charge in [0.1, 0.15) is 11.4 Å². The molecule has 3 aliphatic heterocycles. The van der Waals surface area contributed by atoms with E-state index in [4.69, 9.17) is 4.74 Å². The molecule has 3 saturated heterocycles. The molecule has 2 aromatic heterocycles. The first-order valence-electron chi connectivity index (χ1n) is 10.0. The lowest BCUT2D eigenvalue weighted by Crippen LogP contribution is -2.56. The molecule has 5 heterocycles. The Kier molecular flexibility index (Phi) is 4.56. The van der Waals surface area contributed by atoms with Gasteiger partial charge in [-0.15, -0.1) is 5.10 Å². The number of fused-ring (bicyclic) bond motifs is 3. The molecule has 0 saturated carbocycles. The number of piperidine rings is 3. The molecule has 2 bridgehead atoms. The molecule has 3 fully saturated rings. The van der Waals surface area contributed by atoms with Crippen LogP contribution in [0.5, 0.6) is 5.75 Å². The number of hydrogen-bond donors (Lipinski definition) is 0. The lowest BCUT2D eigenvalue weighted by molar-refractivity contribution is -0.00849. The predicted octanol–water partition coefficient (Wildman–Crippen LogP) is 3.23. The first-order chi connectivity index (χ1) is 13.8. The van der Waals surface area contributed by atoms with Crippen LogP contribution in [0.3, 0.4) is 0 Å². The van der Waals surface area contributed by atoms with Gasteiger partial charge in [0.25, 0.3) is 0 Å². The van der Waals surface area contributed by atoms with E-state index in [1.165, 1.54) is 31.5 Å². The third-order valence-electron chi connectivity index (χ3n) is 6.27. The molecule has 1 aromatic carbocycles. The highest BCUT2D eigenvalue weighted by atomic mass is 16.5. The Balaban J connectivity index is 1.45. The van der Waals surface area contributed by atoms with E-state index in [1.54, 1.807) is 7.11 Å². The number of benzene rings is 1. The van der Waals surface area contributed by atoms with E-state index in [2.05, 4.69) is 43.2 Å². The molecule has 2 unspecified atom stereocenters. The molecule has 144 valence electrons. The molecule has 3 aromatic rings. The number of hydrogen-bond acceptors (Lipinski definition) is 5. The van der Waals surface area contributed by atoms with Gasteiger partial charge in [0, 0.05) is 24.0 Å². The van der Waals surface area contributed by atoms with Crippen molar-refractivity contribution >= 4 is 0 Å². The van der Waals surface area contributed by atoms with E-state index < -0.39 is 0 Å². The van der Waals surface area contributed by atoms with Crippen LogP contribution in [0, 0.1) is 5.92 Å². The van der Waals surface area contributed by atoms with Crippen LogP contribution in [0.25, 0.3) is 11.3 Å². The van der Waals surface area contributed by atoms with Crippen LogP contribution < -0.4 is 4.74 Å². The fourth-order valence-corrected chi connectivity index (χ4v) is 4.86. The van der Waals surface area contributed by atoms with Gasteiger partial charge in [0.15, 0.2) is 0 Å². The molecule has 0 radical (unpaired) electrons. The number of ether oxygens (including phenoxy) is 1. The molecule has 2 atom stereocenters. The number of nitrogens with zero attached hydrogens (tertiary/aromatic N) is 5. The van der Waals surface area contributed by atoms with Crippen LogP contribution in [0.15, 0.2) is 55.0 Å². The van der Waals surface area contributed by atoms with Crippen LogP contribution >= 0.6 is 0 Å². The molecular formula is C22H25N5O. The van der Waals surface area contributed by atoms with Crippen LogP contribution in [0.4, 0.5) is 0 Å². The van der Waals surface area contributed by atoms with Crippen LogP contribution in [-0.2, 0) is 6.42 Å². The maximum absolute atomic E-state index is 5.36. The lowest BCUT2D eigenvalue weighted by atomic mass is 9.77. The van der Waals surface area contributed by atoms with Gasteiger partial charge in [-0.2, -0.15) is 0 Å². The van der Waals surface area contributed by atoms with Crippen molar-refractivity contribution in [3.8, 4) is 17.0 Å². The number of pyridine rings is 1. The van der Waals surface area contributed by atoms with Crippen molar-refractivity contribution in [3.63, 3.8) is 0 Å². The van der Waals surface area contributed by atoms with Gasteiger partial charge >= 0.3 is 0 Å². The molecule has 0 aliphatic carbocycles. The van der Waals surface area contributed by atoms with Gasteiger partial charge in [-0.1, -0.05) is 23.4 Å². The van der Waals surface area contributed by atoms with Gasteiger partial charge in [-0.25, -0.2) is 4.68 Å². The molecule has 3 aliphatic rings. The number of methoxy groups -OCH3 is 1. The monoisotopic (exact) mass is 375 g/mol. The highest BCUT2D eigenvalue weighted by molar-refractivity contribution is 5.59. The number of aromatic nitrogens is 4. The van der Waals surface area contributed by atoms with E-state index in [1.807, 2.05) is 36.7 Å². The maximum atomic E-state index is 5.36. The summed E-state index contributed by atoms with van der Waals surface area (Å²) in [6.45, 7) is 2.37. The molecule has 0 N–H and O–H groups in total. The van der Waals surface area contributed by atoms with Crippen molar-refractivity contribution in [2.24, 2.45) is 5.92 Å². The summed E-state index contributed by atoms with van der Waals surface area (Å²) in [5.74, 6) is 1.50. The van der Waals surface area contributed by atoms with Crippen LogP contribution in [0.2, 0.25) is 0 Å². The Bertz CT molecular complexity index is 933. The minimum absolute atomic E-state index is 0.356. The Hall–Kier alpha value is -2.73. The molecule has 6 nitrogen and oxygen atoms in total. The summed E-state index contributed by atoms with van der Waals surface area (Å²) >= 11 is 0. The highest BCUT2D eigenvalue weighted by Crippen LogP contribution is 2.41. The van der Waals surface area contributed by atoms with Crippen molar-refractivity contribution < 1.29 is 4.74 Å². The summed E-state index contributed by atoms with van der Waals surface area (Å²) in [5.41, 5.74) is 3.23. The molecule has 0 spiro atoms. The Morgan fingerprint density at radius 3 is 2.82 bits per heavy atom. The van der Waals surface area contributed by atoms with E-state index in [0.717, 1.165) is 23.4 Å². The van der Waals surface area contributed by atoms with Crippen molar-refractivity contribution in [1.29, 1.82) is 0 Å². The van der Waals surface area contributed by atoms with E-state index in [9.17, 15) is 0 Å². The largest absolute Gasteiger partial charge is 0.497 e. The average molecular weight is 375 g/mol. The third kappa shape index (κ3) is 3.18. The Morgan fingerprint density at radius 2 is 2.04 bits per heavy atom. The zero-order valence-corrected chi connectivity index (χ0v) is 16.1. The predicted molar refractivity (Wildman–Crippen MR) is 107 cm³/mol. The summed E-state index contributed by atoms with van der Waals surface area (Å²) in [6.07, 6.45) is 9.42. The molecule has 6 heteroatoms. The lowest BCUT2D eigenvalue weighted by Gasteiger charge is -2.50. The topological polar surface area (TPSA) is 56.1 Å². The zero-order valence-electron chi connectivity index (χ0n) is 16.1. The Labute approximate surface area is 165 Å². The fraction of sp³-hybridized carbons (Fsp3) is 0.409. The van der Waals surface area contributed by atoms with Crippen molar-refractivity contribution in [2.75, 3.05) is 20.2 Å². The molecule has 28 heavy (non-hydrogen) atoms. The van der Waals surface area contributed by atoms with Gasteiger partial charge in [-0.05, 0) is 62.0 Å². The molecule has 6 rings (SSSR count). The minimum Gasteiger partial charge on any atom is -0.497 e. The standard InChI is InChI=1S/C22H25N5O/c1-28-19-6-2-5-18(13-19)20-15-27(25-24-20)22-17-7-10-26(11-8-17)21(22)12-16-4-3-9-23-14-16/h2-6,9,13-15,17,21-22H,7-8,10-12H2,1H3. The quantitative estimate of drug-likeness (QED) is 0.685. The highest BCUT2D eigenvalue weighted by Gasteiger charge is 2.43. The normalized spacial score (nSPS) is 26.3. The van der Waals surface area contributed by atoms with E-state index in [0.29, 0.717) is 18.0 Å². The summed E-state index contributed by atoms with van der Waals surface area (Å²) < 4.78 is 7.47. The van der Waals surface area contributed by atoms with Gasteiger partial charge < -0.3 is 4.74 Å². The van der Waals surface area contributed by atoms with Gasteiger partial charge in [-0.3, -0.25) is 9.88 Å². The first-order valence-corrected chi connectivity index (χ1v) is 10.0. The fourth-order valence-electron chi connectivity index (χ4n) is 4.86. The second-order valence-electron chi connectivity index (χ2n) is 7.81. The SMILES string of the molecule is COc1cccc(-c2cn(C3C4CCN(CC4)C3Cc3cccnc3)nn2)c1. The van der Waals surface area contributed by atoms with E-state index >= 15 is 0 Å². The zero-order chi connectivity index (χ0) is 18.9. The van der Waals surface area contributed by atoms with Crippen LogP contribution in [0.1, 0.15) is 24.4 Å². The van der Waals surface area contributed by atoms with Crippen LogP contribution in [-0.4, -0.2) is 51.1 Å². The smallest absolute Gasteiger partial charge is 0.119 e. The van der Waals surface area contributed by atoms with Crippen molar-refractivity contribution in [3.05, 3.63) is 60.6 Å². The summed E-state index contributed by atoms with van der Waals surface area (Å²) in [7, 11) is 1.69. The van der Waals surface area contributed by atoms with Crippen molar-refractivity contribution in [1.82, 2.24) is 24.9 Å². The van der Waals surface area contributed by atoms with E-state index in [-0.39, 0.29) is 0 Å². The summed E-state index contributed by atoms with van der Waals surface area (Å²) in [6, 6.07) is 13.0. The van der Waals surface area contributed by atoms with Gasteiger partial charge in [0.2, 0.25) is 0 Å². The van der Waals surface area contributed by atoms with Gasteiger partial charge in [0.05, 0.1) is 19.3 Å². The first kappa shape index (κ1) is 17.4. The Morgan fingerprint density at radius 1 is 1.14 bits per heavy atom. The summed E-state index contributed by atoms with van der Waals surface area (Å²) in [4.78, 5) is 6.93. The van der Waals surface area contributed by atoms with Crippen molar-refractivity contribution in [2.45, 2.75) is 31.3 Å².